The minimum atomic E-state index is -0.688. The first-order chi connectivity index (χ1) is 14.5. The largest absolute Gasteiger partial charge is 0.481 e. The third kappa shape index (κ3) is 4.60. The summed E-state index contributed by atoms with van der Waals surface area (Å²) in [6.07, 6.45) is 4.69. The molecule has 30 heavy (non-hydrogen) atoms. The number of carbonyl (C=O) groups excluding carboxylic acids is 1. The number of hydrogen-bond donors (Lipinski definition) is 2. The Balaban J connectivity index is 1.36. The van der Waals surface area contributed by atoms with Crippen molar-refractivity contribution in [3.8, 4) is 28.3 Å². The molecule has 0 fully saturated rings. The van der Waals surface area contributed by atoms with Gasteiger partial charge in [-0.3, -0.25) is 10.1 Å². The van der Waals surface area contributed by atoms with Crippen LogP contribution in [0.4, 0.5) is 5.95 Å². The zero-order valence-corrected chi connectivity index (χ0v) is 18.1. The summed E-state index contributed by atoms with van der Waals surface area (Å²) in [5.41, 5.74) is 3.66. The predicted octanol–water partition coefficient (Wildman–Crippen LogP) is 4.65. The van der Waals surface area contributed by atoms with Gasteiger partial charge in [0.25, 0.3) is 5.91 Å². The highest BCUT2D eigenvalue weighted by atomic mass is 79.9. The number of imidazole rings is 2. The zero-order valence-electron chi connectivity index (χ0n) is 16.5. The van der Waals surface area contributed by atoms with Crippen LogP contribution in [0.3, 0.4) is 0 Å². The molecule has 152 valence electrons. The lowest BCUT2D eigenvalue weighted by atomic mass is 10.1. The molecule has 2 heterocycles. The molecule has 0 aliphatic rings. The average Bonchev–Trinajstić information content (AvgIpc) is 3.38. The Bertz CT molecular complexity index is 1150. The fourth-order valence-corrected chi connectivity index (χ4v) is 3.17. The van der Waals surface area contributed by atoms with E-state index in [0.717, 1.165) is 27.0 Å². The Kier molecular flexibility index (Phi) is 5.67. The number of H-pyrrole nitrogens is 1. The Morgan fingerprint density at radius 3 is 2.47 bits per heavy atom. The molecule has 4 aromatic rings. The number of halogens is 1. The molecular weight excluding hydrogens is 446 g/mol. The average molecular weight is 466 g/mol. The van der Waals surface area contributed by atoms with E-state index in [1.54, 1.807) is 19.4 Å². The van der Waals surface area contributed by atoms with E-state index >= 15 is 0 Å². The minimum absolute atomic E-state index is 0.291. The van der Waals surface area contributed by atoms with E-state index in [1.807, 2.05) is 66.3 Å². The Hall–Kier alpha value is -3.39. The lowest BCUT2D eigenvalue weighted by Gasteiger charge is -2.14. The number of nitrogens with zero attached hydrogens (tertiary/aromatic N) is 3. The van der Waals surface area contributed by atoms with Crippen molar-refractivity contribution >= 4 is 27.8 Å². The van der Waals surface area contributed by atoms with Gasteiger partial charge in [0.2, 0.25) is 5.95 Å². The number of aromatic nitrogens is 4. The van der Waals surface area contributed by atoms with Crippen LogP contribution in [0.25, 0.3) is 22.5 Å². The third-order valence-corrected chi connectivity index (χ3v) is 5.04. The summed E-state index contributed by atoms with van der Waals surface area (Å²) in [7, 11) is 1.93. The van der Waals surface area contributed by atoms with E-state index < -0.39 is 6.10 Å². The van der Waals surface area contributed by atoms with Gasteiger partial charge in [-0.2, -0.15) is 0 Å². The second-order valence-electron chi connectivity index (χ2n) is 6.85. The smallest absolute Gasteiger partial charge is 0.267 e. The molecule has 4 rings (SSSR count). The van der Waals surface area contributed by atoms with Crippen molar-refractivity contribution in [2.24, 2.45) is 7.05 Å². The predicted molar refractivity (Wildman–Crippen MR) is 119 cm³/mol. The van der Waals surface area contributed by atoms with Gasteiger partial charge in [0, 0.05) is 23.3 Å². The summed E-state index contributed by atoms with van der Waals surface area (Å²) in [6.45, 7) is 1.70. The quantitative estimate of drug-likeness (QED) is 0.434. The summed E-state index contributed by atoms with van der Waals surface area (Å²) in [5.74, 6) is 0.687. The zero-order chi connectivity index (χ0) is 21.1. The standard InChI is InChI=1S/C22H20BrN5O2/c1-14(30-18-9-5-16(6-10-18)20-12-28(2)13-25-20)21(29)27-22-24-11-19(26-22)15-3-7-17(23)8-4-15/h3-14H,1-2H3,(H2,24,26,27,29). The minimum Gasteiger partial charge on any atom is -0.481 e. The van der Waals surface area contributed by atoms with Gasteiger partial charge in [-0.05, 0) is 48.9 Å². The number of aromatic amines is 1. The molecule has 1 amide bonds. The topological polar surface area (TPSA) is 84.8 Å². The Morgan fingerprint density at radius 1 is 1.10 bits per heavy atom. The van der Waals surface area contributed by atoms with Gasteiger partial charge < -0.3 is 14.3 Å². The summed E-state index contributed by atoms with van der Waals surface area (Å²) < 4.78 is 8.65. The van der Waals surface area contributed by atoms with Crippen LogP contribution in [0.15, 0.2) is 71.7 Å². The number of hydrogen-bond acceptors (Lipinski definition) is 4. The molecular formula is C22H20BrN5O2. The van der Waals surface area contributed by atoms with Gasteiger partial charge in [-0.15, -0.1) is 0 Å². The second kappa shape index (κ2) is 8.54. The summed E-state index contributed by atoms with van der Waals surface area (Å²) in [6, 6.07) is 15.3. The normalized spacial score (nSPS) is 11.8. The molecule has 8 heteroatoms. The van der Waals surface area contributed by atoms with Crippen LogP contribution >= 0.6 is 15.9 Å². The number of carbonyl (C=O) groups is 1. The van der Waals surface area contributed by atoms with Crippen LogP contribution in [0.1, 0.15) is 6.92 Å². The lowest BCUT2D eigenvalue weighted by Crippen LogP contribution is -2.30. The number of anilines is 1. The number of amides is 1. The van der Waals surface area contributed by atoms with Crippen LogP contribution in [-0.4, -0.2) is 31.5 Å². The molecule has 2 N–H and O–H groups in total. The number of benzene rings is 2. The van der Waals surface area contributed by atoms with Crippen LogP contribution in [0.2, 0.25) is 0 Å². The highest BCUT2D eigenvalue weighted by molar-refractivity contribution is 9.10. The number of ether oxygens (including phenoxy) is 1. The highest BCUT2D eigenvalue weighted by Crippen LogP contribution is 2.23. The second-order valence-corrected chi connectivity index (χ2v) is 7.77. The maximum atomic E-state index is 12.5. The van der Waals surface area contributed by atoms with E-state index in [2.05, 4.69) is 36.2 Å². The summed E-state index contributed by atoms with van der Waals surface area (Å²) >= 11 is 3.41. The fraction of sp³-hybridized carbons (Fsp3) is 0.136. The number of aryl methyl sites for hydroxylation is 1. The monoisotopic (exact) mass is 465 g/mol. The highest BCUT2D eigenvalue weighted by Gasteiger charge is 2.16. The molecule has 1 atom stereocenters. The molecule has 0 saturated carbocycles. The molecule has 0 aliphatic carbocycles. The fourth-order valence-electron chi connectivity index (χ4n) is 2.90. The first-order valence-corrected chi connectivity index (χ1v) is 10.1. The third-order valence-electron chi connectivity index (χ3n) is 4.51. The van der Waals surface area contributed by atoms with E-state index in [1.165, 1.54) is 0 Å². The maximum absolute atomic E-state index is 12.5. The van der Waals surface area contributed by atoms with Crippen molar-refractivity contribution < 1.29 is 9.53 Å². The SMILES string of the molecule is CC(Oc1ccc(-c2cn(C)cn2)cc1)C(=O)Nc1ncc(-c2ccc(Br)cc2)[nH]1. The van der Waals surface area contributed by atoms with Crippen molar-refractivity contribution in [3.63, 3.8) is 0 Å². The lowest BCUT2D eigenvalue weighted by molar-refractivity contribution is -0.122. The van der Waals surface area contributed by atoms with Gasteiger partial charge in [-0.1, -0.05) is 28.1 Å². The van der Waals surface area contributed by atoms with Crippen LogP contribution in [0.5, 0.6) is 5.75 Å². The van der Waals surface area contributed by atoms with E-state index in [4.69, 9.17) is 4.74 Å². The van der Waals surface area contributed by atoms with Crippen LogP contribution < -0.4 is 10.1 Å². The Labute approximate surface area is 182 Å². The molecule has 2 aromatic carbocycles. The van der Waals surface area contributed by atoms with Gasteiger partial charge in [0.15, 0.2) is 6.10 Å². The van der Waals surface area contributed by atoms with E-state index in [-0.39, 0.29) is 5.91 Å². The first-order valence-electron chi connectivity index (χ1n) is 9.35. The maximum Gasteiger partial charge on any atom is 0.267 e. The molecule has 2 aromatic heterocycles. The molecule has 0 radical (unpaired) electrons. The van der Waals surface area contributed by atoms with Crippen molar-refractivity contribution in [1.29, 1.82) is 0 Å². The molecule has 1 unspecified atom stereocenters. The first kappa shape index (κ1) is 19.9. The van der Waals surface area contributed by atoms with Crippen molar-refractivity contribution in [1.82, 2.24) is 19.5 Å². The molecule has 0 aliphatic heterocycles. The molecule has 0 spiro atoms. The van der Waals surface area contributed by atoms with Gasteiger partial charge in [0.1, 0.15) is 5.75 Å². The van der Waals surface area contributed by atoms with Gasteiger partial charge >= 0.3 is 0 Å². The summed E-state index contributed by atoms with van der Waals surface area (Å²) in [4.78, 5) is 24.1. The summed E-state index contributed by atoms with van der Waals surface area (Å²) in [5, 5.41) is 2.75. The molecule has 0 bridgehead atoms. The van der Waals surface area contributed by atoms with Crippen molar-refractivity contribution in [2.45, 2.75) is 13.0 Å². The van der Waals surface area contributed by atoms with Gasteiger partial charge in [-0.25, -0.2) is 9.97 Å². The van der Waals surface area contributed by atoms with E-state index in [9.17, 15) is 4.79 Å². The van der Waals surface area contributed by atoms with Crippen LogP contribution in [-0.2, 0) is 11.8 Å². The van der Waals surface area contributed by atoms with Crippen molar-refractivity contribution in [2.75, 3.05) is 5.32 Å². The van der Waals surface area contributed by atoms with Crippen LogP contribution in [0, 0.1) is 0 Å². The van der Waals surface area contributed by atoms with Crippen molar-refractivity contribution in [3.05, 3.63) is 71.7 Å². The number of nitrogens with one attached hydrogen (secondary N) is 2. The molecule has 7 nitrogen and oxygen atoms in total. The van der Waals surface area contributed by atoms with Gasteiger partial charge in [0.05, 0.1) is 23.9 Å². The Morgan fingerprint density at radius 2 is 1.80 bits per heavy atom. The molecule has 0 saturated heterocycles. The number of rotatable bonds is 6. The van der Waals surface area contributed by atoms with E-state index in [0.29, 0.717) is 11.7 Å².